The molecule has 0 bridgehead atoms. The number of anilines is 1. The van der Waals surface area contributed by atoms with Crippen molar-refractivity contribution in [3.63, 3.8) is 0 Å². The standard InChI is InChI=1S/C12H18N2S/c1-10-6-5-7-11(2)12(10)13-14-8-3-4-9-15-14/h5-7,13H,3-4,8-9H2,1-2H3. The van der Waals surface area contributed by atoms with E-state index in [9.17, 15) is 0 Å². The summed E-state index contributed by atoms with van der Waals surface area (Å²) >= 11 is 1.90. The molecule has 1 fully saturated rings. The topological polar surface area (TPSA) is 15.3 Å². The van der Waals surface area contributed by atoms with Crippen LogP contribution in [0.1, 0.15) is 24.0 Å². The predicted molar refractivity (Wildman–Crippen MR) is 67.9 cm³/mol. The highest BCUT2D eigenvalue weighted by Gasteiger charge is 2.12. The molecule has 1 aliphatic rings. The van der Waals surface area contributed by atoms with Crippen molar-refractivity contribution in [2.75, 3.05) is 17.7 Å². The lowest BCUT2D eigenvalue weighted by Gasteiger charge is -2.28. The first-order valence-corrected chi connectivity index (χ1v) is 6.45. The molecule has 1 N–H and O–H groups in total. The highest BCUT2D eigenvalue weighted by atomic mass is 32.2. The molecule has 0 atom stereocenters. The molecule has 0 radical (unpaired) electrons. The van der Waals surface area contributed by atoms with E-state index >= 15 is 0 Å². The van der Waals surface area contributed by atoms with Gasteiger partial charge >= 0.3 is 0 Å². The van der Waals surface area contributed by atoms with Gasteiger partial charge in [-0.2, -0.15) is 4.41 Å². The molecule has 0 aliphatic carbocycles. The van der Waals surface area contributed by atoms with Crippen molar-refractivity contribution in [3.05, 3.63) is 29.3 Å². The number of benzene rings is 1. The average molecular weight is 222 g/mol. The van der Waals surface area contributed by atoms with Gasteiger partial charge < -0.3 is 5.43 Å². The van der Waals surface area contributed by atoms with Crippen LogP contribution in [0.3, 0.4) is 0 Å². The summed E-state index contributed by atoms with van der Waals surface area (Å²) in [5.74, 6) is 1.23. The minimum Gasteiger partial charge on any atom is -0.309 e. The smallest absolute Gasteiger partial charge is 0.0557 e. The van der Waals surface area contributed by atoms with Gasteiger partial charge in [-0.3, -0.25) is 0 Å². The molecule has 1 aromatic rings. The number of para-hydroxylation sites is 1. The van der Waals surface area contributed by atoms with E-state index in [1.807, 2.05) is 11.9 Å². The van der Waals surface area contributed by atoms with E-state index in [0.29, 0.717) is 0 Å². The van der Waals surface area contributed by atoms with Crippen LogP contribution >= 0.6 is 11.9 Å². The van der Waals surface area contributed by atoms with E-state index in [0.717, 1.165) is 6.54 Å². The minimum absolute atomic E-state index is 1.14. The molecule has 0 spiro atoms. The van der Waals surface area contributed by atoms with Gasteiger partial charge in [0.2, 0.25) is 0 Å². The van der Waals surface area contributed by atoms with Gasteiger partial charge in [0, 0.05) is 12.3 Å². The largest absolute Gasteiger partial charge is 0.309 e. The van der Waals surface area contributed by atoms with Crippen LogP contribution in [0.15, 0.2) is 18.2 Å². The maximum absolute atomic E-state index is 3.51. The van der Waals surface area contributed by atoms with Crippen molar-refractivity contribution in [3.8, 4) is 0 Å². The molecule has 0 unspecified atom stereocenters. The van der Waals surface area contributed by atoms with E-state index in [2.05, 4.69) is 41.9 Å². The summed E-state index contributed by atoms with van der Waals surface area (Å²) in [5.41, 5.74) is 7.43. The van der Waals surface area contributed by atoms with E-state index in [1.54, 1.807) is 0 Å². The molecule has 0 amide bonds. The number of hydrogen-bond acceptors (Lipinski definition) is 3. The summed E-state index contributed by atoms with van der Waals surface area (Å²) in [5, 5.41) is 0. The fraction of sp³-hybridized carbons (Fsp3) is 0.500. The number of nitrogens with zero attached hydrogens (tertiary/aromatic N) is 1. The van der Waals surface area contributed by atoms with Gasteiger partial charge in [-0.25, -0.2) is 0 Å². The molecular weight excluding hydrogens is 204 g/mol. The normalized spacial score (nSPS) is 17.7. The van der Waals surface area contributed by atoms with Crippen molar-refractivity contribution in [1.82, 2.24) is 4.41 Å². The summed E-state index contributed by atoms with van der Waals surface area (Å²) in [6.07, 6.45) is 2.64. The molecule has 0 saturated carbocycles. The monoisotopic (exact) mass is 222 g/mol. The Labute approximate surface area is 96.2 Å². The van der Waals surface area contributed by atoms with Gasteiger partial charge in [0.15, 0.2) is 0 Å². The van der Waals surface area contributed by atoms with Crippen LogP contribution in [-0.2, 0) is 0 Å². The zero-order valence-corrected chi connectivity index (χ0v) is 10.2. The van der Waals surface area contributed by atoms with Crippen molar-refractivity contribution in [2.45, 2.75) is 26.7 Å². The molecule has 1 saturated heterocycles. The SMILES string of the molecule is Cc1cccc(C)c1NN1CCCCS1. The highest BCUT2D eigenvalue weighted by Crippen LogP contribution is 2.25. The maximum atomic E-state index is 3.51. The summed E-state index contributed by atoms with van der Waals surface area (Å²) < 4.78 is 2.26. The number of aryl methyl sites for hydroxylation is 2. The van der Waals surface area contributed by atoms with Crippen molar-refractivity contribution in [2.24, 2.45) is 0 Å². The Balaban J connectivity index is 2.09. The van der Waals surface area contributed by atoms with Crippen LogP contribution in [0.25, 0.3) is 0 Å². The third-order valence-electron chi connectivity index (χ3n) is 2.72. The van der Waals surface area contributed by atoms with Crippen LogP contribution in [-0.4, -0.2) is 16.7 Å². The van der Waals surface area contributed by atoms with E-state index in [4.69, 9.17) is 0 Å². The lowest BCUT2D eigenvalue weighted by atomic mass is 10.1. The molecular formula is C12H18N2S. The molecule has 1 aromatic carbocycles. The molecule has 2 nitrogen and oxygen atoms in total. The summed E-state index contributed by atoms with van der Waals surface area (Å²) in [6, 6.07) is 6.42. The maximum Gasteiger partial charge on any atom is 0.0557 e. The summed E-state index contributed by atoms with van der Waals surface area (Å²) in [7, 11) is 0. The molecule has 1 aliphatic heterocycles. The molecule has 3 heteroatoms. The molecule has 15 heavy (non-hydrogen) atoms. The number of hydrogen-bond donors (Lipinski definition) is 1. The van der Waals surface area contributed by atoms with Crippen molar-refractivity contribution in [1.29, 1.82) is 0 Å². The Kier molecular flexibility index (Phi) is 3.54. The fourth-order valence-corrected chi connectivity index (χ4v) is 2.77. The van der Waals surface area contributed by atoms with Crippen LogP contribution in [0.5, 0.6) is 0 Å². The van der Waals surface area contributed by atoms with E-state index in [1.165, 1.54) is 35.4 Å². The van der Waals surface area contributed by atoms with Gasteiger partial charge in [0.1, 0.15) is 0 Å². The van der Waals surface area contributed by atoms with Gasteiger partial charge in [-0.05, 0) is 37.8 Å². The van der Waals surface area contributed by atoms with Crippen molar-refractivity contribution >= 4 is 17.6 Å². The number of nitrogens with one attached hydrogen (secondary N) is 1. The Morgan fingerprint density at radius 2 is 1.93 bits per heavy atom. The van der Waals surface area contributed by atoms with Gasteiger partial charge in [0.25, 0.3) is 0 Å². The quantitative estimate of drug-likeness (QED) is 0.772. The summed E-state index contributed by atoms with van der Waals surface area (Å²) in [6.45, 7) is 5.45. The second-order valence-electron chi connectivity index (χ2n) is 4.02. The third kappa shape index (κ3) is 2.67. The molecule has 2 rings (SSSR count). The van der Waals surface area contributed by atoms with E-state index in [-0.39, 0.29) is 0 Å². The molecule has 82 valence electrons. The number of hydrazine groups is 1. The Bertz CT molecular complexity index is 312. The first-order valence-electron chi connectivity index (χ1n) is 5.51. The van der Waals surface area contributed by atoms with Gasteiger partial charge in [-0.15, -0.1) is 0 Å². The second kappa shape index (κ2) is 4.90. The van der Waals surface area contributed by atoms with Gasteiger partial charge in [0.05, 0.1) is 5.69 Å². The molecule has 1 heterocycles. The van der Waals surface area contributed by atoms with Crippen LogP contribution in [0.2, 0.25) is 0 Å². The molecule has 0 aromatic heterocycles. The lowest BCUT2D eigenvalue weighted by Crippen LogP contribution is -2.28. The zero-order valence-electron chi connectivity index (χ0n) is 9.42. The Morgan fingerprint density at radius 3 is 2.53 bits per heavy atom. The average Bonchev–Trinajstić information content (AvgIpc) is 2.25. The predicted octanol–water partition coefficient (Wildman–Crippen LogP) is 3.37. The van der Waals surface area contributed by atoms with Crippen LogP contribution in [0, 0.1) is 13.8 Å². The van der Waals surface area contributed by atoms with Crippen molar-refractivity contribution < 1.29 is 0 Å². The van der Waals surface area contributed by atoms with Crippen LogP contribution < -0.4 is 5.43 Å². The highest BCUT2D eigenvalue weighted by molar-refractivity contribution is 7.97. The Hall–Kier alpha value is -0.670. The van der Waals surface area contributed by atoms with Crippen LogP contribution in [0.4, 0.5) is 5.69 Å². The van der Waals surface area contributed by atoms with E-state index < -0.39 is 0 Å². The first-order chi connectivity index (χ1) is 7.27. The zero-order chi connectivity index (χ0) is 10.7. The Morgan fingerprint density at radius 1 is 1.20 bits per heavy atom. The van der Waals surface area contributed by atoms with Gasteiger partial charge in [-0.1, -0.05) is 30.1 Å². The fourth-order valence-electron chi connectivity index (χ4n) is 1.80. The summed E-state index contributed by atoms with van der Waals surface area (Å²) in [4.78, 5) is 0. The second-order valence-corrected chi connectivity index (χ2v) is 5.13. The lowest BCUT2D eigenvalue weighted by molar-refractivity contribution is 0.508. The first kappa shape index (κ1) is 10.8. The third-order valence-corrected chi connectivity index (χ3v) is 3.78. The minimum atomic E-state index is 1.14. The number of rotatable bonds is 2.